The summed E-state index contributed by atoms with van der Waals surface area (Å²) >= 11 is 0. The molecule has 0 spiro atoms. The van der Waals surface area contributed by atoms with Crippen molar-refractivity contribution >= 4 is 24.0 Å². The second-order valence-electron chi connectivity index (χ2n) is 9.54. The SMILES string of the molecule is N=C(NCCCCCCCCN1CCCCCCOc2ccccc2CNC(=N)NC1=O)NC(=O)NCCO. The number of benzene rings is 1. The van der Waals surface area contributed by atoms with Crippen LogP contribution in [0, 0.1) is 10.8 Å². The summed E-state index contributed by atoms with van der Waals surface area (Å²) in [6, 6.07) is 7.02. The number of ether oxygens (including phenoxy) is 1. The minimum absolute atomic E-state index is 0.0163. The molecule has 0 aromatic heterocycles. The van der Waals surface area contributed by atoms with E-state index in [4.69, 9.17) is 20.7 Å². The van der Waals surface area contributed by atoms with Gasteiger partial charge < -0.3 is 30.7 Å². The van der Waals surface area contributed by atoms with Crippen LogP contribution in [0.2, 0.25) is 0 Å². The molecule has 8 N–H and O–H groups in total. The average Bonchev–Trinajstić information content (AvgIpc) is 2.92. The Morgan fingerprint density at radius 3 is 2.56 bits per heavy atom. The van der Waals surface area contributed by atoms with Crippen molar-refractivity contribution in [2.24, 2.45) is 0 Å². The van der Waals surface area contributed by atoms with Gasteiger partial charge in [-0.25, -0.2) is 9.59 Å². The van der Waals surface area contributed by atoms with E-state index in [-0.39, 0.29) is 31.1 Å². The van der Waals surface area contributed by atoms with Crippen LogP contribution in [0.4, 0.5) is 9.59 Å². The van der Waals surface area contributed by atoms with Gasteiger partial charge in [0.05, 0.1) is 13.2 Å². The number of rotatable bonds is 11. The number of carbonyl (C=O) groups excluding carboxylic acids is 2. The first-order valence-corrected chi connectivity index (χ1v) is 14.1. The van der Waals surface area contributed by atoms with E-state index in [9.17, 15) is 9.59 Å². The van der Waals surface area contributed by atoms with Crippen LogP contribution >= 0.6 is 0 Å². The number of unbranched alkanes of at least 4 members (excludes halogenated alkanes) is 5. The summed E-state index contributed by atoms with van der Waals surface area (Å²) in [5, 5.41) is 37.8. The van der Waals surface area contributed by atoms with Crippen molar-refractivity contribution in [3.05, 3.63) is 29.8 Å². The number of aliphatic hydroxyl groups excluding tert-OH is 1. The zero-order valence-electron chi connectivity index (χ0n) is 22.9. The zero-order chi connectivity index (χ0) is 28.1. The molecule has 12 nitrogen and oxygen atoms in total. The Labute approximate surface area is 231 Å². The fraction of sp³-hybridized carbons (Fsp3) is 0.630. The third-order valence-electron chi connectivity index (χ3n) is 6.32. The van der Waals surface area contributed by atoms with Gasteiger partial charge in [-0.2, -0.15) is 0 Å². The fourth-order valence-corrected chi connectivity index (χ4v) is 4.18. The number of nitrogens with zero attached hydrogens (tertiary/aromatic N) is 1. The lowest BCUT2D eigenvalue weighted by molar-refractivity contribution is 0.199. The summed E-state index contributed by atoms with van der Waals surface area (Å²) in [6.45, 7) is 3.00. The molecule has 1 heterocycles. The van der Waals surface area contributed by atoms with Gasteiger partial charge in [0.15, 0.2) is 11.9 Å². The maximum Gasteiger partial charge on any atom is 0.324 e. The average molecular weight is 547 g/mol. The first-order valence-electron chi connectivity index (χ1n) is 14.1. The van der Waals surface area contributed by atoms with E-state index in [1.807, 2.05) is 29.2 Å². The van der Waals surface area contributed by atoms with Crippen molar-refractivity contribution in [3.8, 4) is 5.75 Å². The van der Waals surface area contributed by atoms with Gasteiger partial charge >= 0.3 is 12.1 Å². The normalized spacial score (nSPS) is 14.9. The van der Waals surface area contributed by atoms with Crippen molar-refractivity contribution in [2.75, 3.05) is 39.4 Å². The Balaban J connectivity index is 1.64. The summed E-state index contributed by atoms with van der Waals surface area (Å²) < 4.78 is 5.94. The van der Waals surface area contributed by atoms with Crippen molar-refractivity contribution in [2.45, 2.75) is 70.8 Å². The van der Waals surface area contributed by atoms with Crippen molar-refractivity contribution in [1.82, 2.24) is 31.5 Å². The molecule has 0 atom stereocenters. The number of carbonyl (C=O) groups is 2. The first kappa shape index (κ1) is 31.7. The van der Waals surface area contributed by atoms with Crippen molar-refractivity contribution in [3.63, 3.8) is 0 Å². The molecule has 0 bridgehead atoms. The summed E-state index contributed by atoms with van der Waals surface area (Å²) in [5.74, 6) is 0.739. The van der Waals surface area contributed by atoms with E-state index >= 15 is 0 Å². The zero-order valence-corrected chi connectivity index (χ0v) is 22.9. The fourth-order valence-electron chi connectivity index (χ4n) is 4.18. The largest absolute Gasteiger partial charge is 0.493 e. The van der Waals surface area contributed by atoms with Gasteiger partial charge in [0.1, 0.15) is 5.75 Å². The molecule has 4 amide bonds. The maximum absolute atomic E-state index is 12.9. The van der Waals surface area contributed by atoms with Gasteiger partial charge in [0, 0.05) is 38.3 Å². The lowest BCUT2D eigenvalue weighted by Crippen LogP contribution is -2.47. The highest BCUT2D eigenvalue weighted by Gasteiger charge is 2.15. The molecular formula is C27H46N8O4. The molecule has 1 aromatic rings. The minimum Gasteiger partial charge on any atom is -0.493 e. The summed E-state index contributed by atoms with van der Waals surface area (Å²) in [5.41, 5.74) is 0.954. The highest BCUT2D eigenvalue weighted by molar-refractivity contribution is 5.95. The standard InChI is InChI=1S/C27H46N8O4/c28-24(33-26(37)31-16-19-36)30-15-9-3-1-2-4-10-17-35-18-11-5-6-12-20-39-23-14-8-7-13-22(23)21-32-25(29)34-27(35)38/h7-8,13-14,36H,1-6,9-12,15-21H2,(H3,29,32,34,38)(H4,28,30,31,33,37). The lowest BCUT2D eigenvalue weighted by Gasteiger charge is -2.23. The summed E-state index contributed by atoms with van der Waals surface area (Å²) in [7, 11) is 0. The topological polar surface area (TPSA) is 175 Å². The first-order chi connectivity index (χ1) is 19.0. The number of hydrogen-bond donors (Lipinski definition) is 8. The highest BCUT2D eigenvalue weighted by atomic mass is 16.5. The summed E-state index contributed by atoms with van der Waals surface area (Å²) in [4.78, 5) is 26.1. The Bertz CT molecular complexity index is 898. The molecule has 0 saturated heterocycles. The minimum atomic E-state index is -0.512. The van der Waals surface area contributed by atoms with E-state index in [2.05, 4.69) is 26.6 Å². The van der Waals surface area contributed by atoms with Crippen molar-refractivity contribution in [1.29, 1.82) is 10.8 Å². The molecule has 0 fully saturated rings. The molecule has 0 radical (unpaired) electrons. The van der Waals surface area contributed by atoms with E-state index in [1.165, 1.54) is 0 Å². The lowest BCUT2D eigenvalue weighted by atomic mass is 10.1. The predicted molar refractivity (Wildman–Crippen MR) is 152 cm³/mol. The number of urea groups is 2. The maximum atomic E-state index is 12.9. The quantitative estimate of drug-likeness (QED) is 0.120. The second kappa shape index (κ2) is 19.5. The Morgan fingerprint density at radius 1 is 1.00 bits per heavy atom. The molecule has 218 valence electrons. The second-order valence-corrected chi connectivity index (χ2v) is 9.54. The molecule has 1 aliphatic rings. The highest BCUT2D eigenvalue weighted by Crippen LogP contribution is 2.18. The molecule has 0 aliphatic carbocycles. The molecule has 0 unspecified atom stereocenters. The number of amides is 4. The predicted octanol–water partition coefficient (Wildman–Crippen LogP) is 2.83. The molecule has 39 heavy (non-hydrogen) atoms. The monoisotopic (exact) mass is 546 g/mol. The van der Waals surface area contributed by atoms with Crippen LogP contribution in [0.3, 0.4) is 0 Å². The third-order valence-corrected chi connectivity index (χ3v) is 6.32. The molecule has 1 aliphatic heterocycles. The number of guanidine groups is 2. The van der Waals surface area contributed by atoms with Gasteiger partial charge in [-0.3, -0.25) is 21.5 Å². The number of aliphatic hydroxyl groups is 1. The van der Waals surface area contributed by atoms with E-state index in [0.29, 0.717) is 32.8 Å². The van der Waals surface area contributed by atoms with E-state index in [0.717, 1.165) is 75.5 Å². The molecule has 1 aromatic carbocycles. The van der Waals surface area contributed by atoms with Crippen LogP contribution < -0.4 is 31.3 Å². The Morgan fingerprint density at radius 2 is 1.74 bits per heavy atom. The van der Waals surface area contributed by atoms with Crippen LogP contribution in [0.1, 0.15) is 69.8 Å². The van der Waals surface area contributed by atoms with Gasteiger partial charge in [-0.1, -0.05) is 56.7 Å². The summed E-state index contributed by atoms with van der Waals surface area (Å²) in [6.07, 6.45) is 9.91. The van der Waals surface area contributed by atoms with Crippen LogP contribution in [0.25, 0.3) is 0 Å². The van der Waals surface area contributed by atoms with Gasteiger partial charge in [0.2, 0.25) is 0 Å². The van der Waals surface area contributed by atoms with Crippen LogP contribution in [0.15, 0.2) is 24.3 Å². The Hall–Kier alpha value is -3.54. The van der Waals surface area contributed by atoms with Crippen molar-refractivity contribution < 1.29 is 19.4 Å². The molecule has 2 rings (SSSR count). The van der Waals surface area contributed by atoms with Crippen LogP contribution in [0.5, 0.6) is 5.75 Å². The Kier molecular flexibility index (Phi) is 15.9. The van der Waals surface area contributed by atoms with Gasteiger partial charge in [0.25, 0.3) is 0 Å². The smallest absolute Gasteiger partial charge is 0.324 e. The third kappa shape index (κ3) is 14.3. The number of hydrogen-bond acceptors (Lipinski definition) is 6. The van der Waals surface area contributed by atoms with Crippen LogP contribution in [-0.4, -0.2) is 73.4 Å². The number of para-hydroxylation sites is 1. The van der Waals surface area contributed by atoms with E-state index in [1.54, 1.807) is 0 Å². The van der Waals surface area contributed by atoms with E-state index < -0.39 is 6.03 Å². The molecule has 12 heteroatoms. The van der Waals surface area contributed by atoms with Gasteiger partial charge in [-0.15, -0.1) is 0 Å². The number of nitrogens with one attached hydrogen (secondary N) is 7. The van der Waals surface area contributed by atoms with Gasteiger partial charge in [-0.05, 0) is 31.7 Å². The molecule has 0 saturated carbocycles. The molecular weight excluding hydrogens is 500 g/mol. The van der Waals surface area contributed by atoms with Crippen LogP contribution in [-0.2, 0) is 6.54 Å². The number of fused-ring (bicyclic) bond motifs is 1.